The first-order valence-electron chi connectivity index (χ1n) is 5.92. The van der Waals surface area contributed by atoms with Crippen molar-refractivity contribution in [3.05, 3.63) is 53.4 Å². The van der Waals surface area contributed by atoms with Gasteiger partial charge in [-0.05, 0) is 6.07 Å². The lowest BCUT2D eigenvalue weighted by Crippen LogP contribution is -2.45. The largest absolute Gasteiger partial charge is 0.480 e. The summed E-state index contributed by atoms with van der Waals surface area (Å²) in [6.45, 7) is 0. The minimum absolute atomic E-state index is 0.315. The van der Waals surface area contributed by atoms with Crippen LogP contribution in [0.15, 0.2) is 30.6 Å². The highest BCUT2D eigenvalue weighted by Gasteiger charge is 2.34. The Morgan fingerprint density at radius 3 is 2.95 bits per heavy atom. The third-order valence-corrected chi connectivity index (χ3v) is 3.32. The molecule has 0 aliphatic carbocycles. The average Bonchev–Trinajstić information content (AvgIpc) is 2.86. The summed E-state index contributed by atoms with van der Waals surface area (Å²) in [5.74, 6) is -1.33. The number of carboxylic acids is 1. The van der Waals surface area contributed by atoms with Crippen molar-refractivity contribution in [3.63, 3.8) is 0 Å². The number of H-pyrrole nitrogens is 1. The standard InChI is InChI=1S/C13H12FN3O2/c14-8-4-2-1-3-7(8)11-12-9(15-6-16-12)5-10(17-11)13(18)19/h1-4,6,10-11,17H,5H2,(H,15,16)(H,18,19). The number of hydrogen-bond donors (Lipinski definition) is 3. The van der Waals surface area contributed by atoms with Crippen LogP contribution in [0.3, 0.4) is 0 Å². The Morgan fingerprint density at radius 1 is 1.42 bits per heavy atom. The van der Waals surface area contributed by atoms with Crippen LogP contribution in [0.2, 0.25) is 0 Å². The summed E-state index contributed by atoms with van der Waals surface area (Å²) in [7, 11) is 0. The number of fused-ring (bicyclic) bond motifs is 1. The second kappa shape index (κ2) is 4.47. The predicted octanol–water partition coefficient (Wildman–Crippen LogP) is 1.24. The Labute approximate surface area is 108 Å². The van der Waals surface area contributed by atoms with Crippen LogP contribution >= 0.6 is 0 Å². The van der Waals surface area contributed by atoms with Gasteiger partial charge in [-0.25, -0.2) is 9.37 Å². The SMILES string of the molecule is O=C(O)C1Cc2[nH]cnc2C(c2ccccc2F)N1. The third-order valence-electron chi connectivity index (χ3n) is 3.32. The molecule has 3 N–H and O–H groups in total. The van der Waals surface area contributed by atoms with Crippen LogP contribution in [-0.4, -0.2) is 27.1 Å². The van der Waals surface area contributed by atoms with Crippen LogP contribution in [0.4, 0.5) is 4.39 Å². The van der Waals surface area contributed by atoms with E-state index in [1.54, 1.807) is 18.2 Å². The molecule has 0 saturated heterocycles. The molecule has 6 heteroatoms. The fourth-order valence-corrected chi connectivity index (χ4v) is 2.39. The number of carbonyl (C=O) groups is 1. The van der Waals surface area contributed by atoms with Crippen LogP contribution in [0.5, 0.6) is 0 Å². The van der Waals surface area contributed by atoms with E-state index in [-0.39, 0.29) is 5.82 Å². The summed E-state index contributed by atoms with van der Waals surface area (Å²) in [6.07, 6.45) is 1.82. The molecule has 0 bridgehead atoms. The van der Waals surface area contributed by atoms with Gasteiger partial charge in [-0.3, -0.25) is 10.1 Å². The zero-order valence-electron chi connectivity index (χ0n) is 9.93. The van der Waals surface area contributed by atoms with Gasteiger partial charge >= 0.3 is 5.97 Å². The highest BCUT2D eigenvalue weighted by molar-refractivity contribution is 5.74. The lowest BCUT2D eigenvalue weighted by atomic mass is 9.94. The van der Waals surface area contributed by atoms with Crippen molar-refractivity contribution >= 4 is 5.97 Å². The number of carboxylic acid groups (broad SMARTS) is 1. The Hall–Kier alpha value is -2.21. The average molecular weight is 261 g/mol. The van der Waals surface area contributed by atoms with E-state index in [4.69, 9.17) is 5.11 Å². The van der Waals surface area contributed by atoms with Crippen molar-refractivity contribution in [3.8, 4) is 0 Å². The van der Waals surface area contributed by atoms with E-state index in [1.165, 1.54) is 12.4 Å². The van der Waals surface area contributed by atoms with Crippen LogP contribution in [-0.2, 0) is 11.2 Å². The Balaban J connectivity index is 2.06. The molecule has 2 heterocycles. The van der Waals surface area contributed by atoms with Gasteiger partial charge in [0.25, 0.3) is 0 Å². The summed E-state index contributed by atoms with van der Waals surface area (Å²) in [5.41, 5.74) is 1.80. The predicted molar refractivity (Wildman–Crippen MR) is 65.1 cm³/mol. The monoisotopic (exact) mass is 261 g/mol. The van der Waals surface area contributed by atoms with Gasteiger partial charge in [0.05, 0.1) is 18.1 Å². The van der Waals surface area contributed by atoms with Crippen molar-refractivity contribution in [2.45, 2.75) is 18.5 Å². The molecule has 1 aromatic carbocycles. The number of nitrogens with one attached hydrogen (secondary N) is 2. The number of aliphatic carboxylic acids is 1. The van der Waals surface area contributed by atoms with E-state index >= 15 is 0 Å². The zero-order chi connectivity index (χ0) is 13.4. The molecule has 5 nitrogen and oxygen atoms in total. The van der Waals surface area contributed by atoms with E-state index < -0.39 is 18.1 Å². The van der Waals surface area contributed by atoms with Gasteiger partial charge in [-0.15, -0.1) is 0 Å². The molecule has 0 spiro atoms. The minimum Gasteiger partial charge on any atom is -0.480 e. The van der Waals surface area contributed by atoms with Crippen LogP contribution in [0.1, 0.15) is 23.0 Å². The smallest absolute Gasteiger partial charge is 0.321 e. The number of rotatable bonds is 2. The molecular formula is C13H12FN3O2. The van der Waals surface area contributed by atoms with Crippen LogP contribution in [0, 0.1) is 5.82 Å². The van der Waals surface area contributed by atoms with Crippen LogP contribution in [0.25, 0.3) is 0 Å². The first kappa shape index (κ1) is 11.9. The van der Waals surface area contributed by atoms with E-state index in [9.17, 15) is 9.18 Å². The van der Waals surface area contributed by atoms with E-state index in [0.29, 0.717) is 17.7 Å². The molecular weight excluding hydrogens is 249 g/mol. The Bertz CT molecular complexity index is 626. The molecule has 2 atom stereocenters. The van der Waals surface area contributed by atoms with Gasteiger partial charge < -0.3 is 10.1 Å². The molecule has 0 saturated carbocycles. The topological polar surface area (TPSA) is 78.0 Å². The Morgan fingerprint density at radius 2 is 2.21 bits per heavy atom. The highest BCUT2D eigenvalue weighted by atomic mass is 19.1. The summed E-state index contributed by atoms with van der Waals surface area (Å²) in [6, 6.07) is 5.01. The molecule has 0 fully saturated rings. The number of hydrogen-bond acceptors (Lipinski definition) is 3. The summed E-state index contributed by atoms with van der Waals surface area (Å²) >= 11 is 0. The maximum absolute atomic E-state index is 13.9. The van der Waals surface area contributed by atoms with Gasteiger partial charge in [0.1, 0.15) is 11.9 Å². The Kier molecular flexibility index (Phi) is 2.79. The van der Waals surface area contributed by atoms with Crippen molar-refractivity contribution < 1.29 is 14.3 Å². The molecule has 1 aromatic heterocycles. The van der Waals surface area contributed by atoms with Gasteiger partial charge in [-0.2, -0.15) is 0 Å². The third kappa shape index (κ3) is 2.00. The number of nitrogens with zero attached hydrogens (tertiary/aromatic N) is 1. The minimum atomic E-state index is -0.957. The lowest BCUT2D eigenvalue weighted by molar-refractivity contribution is -0.139. The number of halogens is 1. The molecule has 98 valence electrons. The lowest BCUT2D eigenvalue weighted by Gasteiger charge is -2.28. The van der Waals surface area contributed by atoms with Crippen molar-refractivity contribution in [1.82, 2.24) is 15.3 Å². The molecule has 2 unspecified atom stereocenters. The fraction of sp³-hybridized carbons (Fsp3) is 0.231. The molecule has 1 aliphatic rings. The van der Waals surface area contributed by atoms with Crippen molar-refractivity contribution in [1.29, 1.82) is 0 Å². The maximum atomic E-state index is 13.9. The second-order valence-electron chi connectivity index (χ2n) is 4.48. The first-order valence-corrected chi connectivity index (χ1v) is 5.92. The van der Waals surface area contributed by atoms with Gasteiger partial charge in [0, 0.05) is 17.7 Å². The van der Waals surface area contributed by atoms with Gasteiger partial charge in [0.2, 0.25) is 0 Å². The highest BCUT2D eigenvalue weighted by Crippen LogP contribution is 2.29. The number of imidazole rings is 1. The molecule has 2 aromatic rings. The maximum Gasteiger partial charge on any atom is 0.321 e. The van der Waals surface area contributed by atoms with Crippen LogP contribution < -0.4 is 5.32 Å². The fourth-order valence-electron chi connectivity index (χ4n) is 2.39. The molecule has 0 radical (unpaired) electrons. The van der Waals surface area contributed by atoms with E-state index in [1.807, 2.05) is 0 Å². The van der Waals surface area contributed by atoms with Gasteiger partial charge in [-0.1, -0.05) is 18.2 Å². The quantitative estimate of drug-likeness (QED) is 0.760. The molecule has 19 heavy (non-hydrogen) atoms. The van der Waals surface area contributed by atoms with Crippen molar-refractivity contribution in [2.24, 2.45) is 0 Å². The summed E-state index contributed by atoms with van der Waals surface area (Å²) in [4.78, 5) is 18.3. The molecule has 1 aliphatic heterocycles. The van der Waals surface area contributed by atoms with Gasteiger partial charge in [0.15, 0.2) is 0 Å². The summed E-state index contributed by atoms with van der Waals surface area (Å²) in [5, 5.41) is 12.1. The molecule has 0 amide bonds. The van der Waals surface area contributed by atoms with E-state index in [2.05, 4.69) is 15.3 Å². The van der Waals surface area contributed by atoms with E-state index in [0.717, 1.165) is 5.69 Å². The number of aromatic amines is 1. The molecule has 3 rings (SSSR count). The second-order valence-corrected chi connectivity index (χ2v) is 4.48. The number of aromatic nitrogens is 2. The first-order chi connectivity index (χ1) is 9.16. The number of benzene rings is 1. The normalized spacial score (nSPS) is 21.9. The van der Waals surface area contributed by atoms with Crippen molar-refractivity contribution in [2.75, 3.05) is 0 Å². The summed E-state index contributed by atoms with van der Waals surface area (Å²) < 4.78 is 13.9. The zero-order valence-corrected chi connectivity index (χ0v) is 9.93.